The minimum atomic E-state index is 0.377. The van der Waals surface area contributed by atoms with E-state index in [0.29, 0.717) is 11.1 Å². The lowest BCUT2D eigenvalue weighted by Gasteiger charge is -2.17. The van der Waals surface area contributed by atoms with E-state index in [9.17, 15) is 0 Å². The normalized spacial score (nSPS) is 12.7. The van der Waals surface area contributed by atoms with E-state index in [0.717, 1.165) is 43.0 Å². The van der Waals surface area contributed by atoms with E-state index in [4.69, 9.17) is 27.9 Å². The zero-order valence-electron chi connectivity index (χ0n) is 11.0. The molecule has 1 unspecified atom stereocenters. The summed E-state index contributed by atoms with van der Waals surface area (Å²) >= 11 is 12.0. The van der Waals surface area contributed by atoms with Crippen molar-refractivity contribution in [3.63, 3.8) is 0 Å². The molecule has 0 aliphatic rings. The molecule has 1 atom stereocenters. The van der Waals surface area contributed by atoms with Crippen LogP contribution in [-0.2, 0) is 11.2 Å². The first-order valence-corrected chi connectivity index (χ1v) is 7.09. The lowest BCUT2D eigenvalue weighted by molar-refractivity contribution is 0.162. The Balaban J connectivity index is 2.49. The van der Waals surface area contributed by atoms with Crippen LogP contribution in [0, 0.1) is 0 Å². The lowest BCUT2D eigenvalue weighted by atomic mass is 10.1. The van der Waals surface area contributed by atoms with Gasteiger partial charge in [0.05, 0.1) is 6.61 Å². The van der Waals surface area contributed by atoms with Crippen molar-refractivity contribution in [2.45, 2.75) is 32.2 Å². The molecule has 0 amide bonds. The first-order chi connectivity index (χ1) is 8.67. The Morgan fingerprint density at radius 3 is 2.72 bits per heavy atom. The smallest absolute Gasteiger partial charge is 0.0615 e. The van der Waals surface area contributed by atoms with Crippen LogP contribution in [-0.4, -0.2) is 26.3 Å². The minimum absolute atomic E-state index is 0.377. The number of rotatable bonds is 8. The zero-order valence-corrected chi connectivity index (χ0v) is 12.5. The van der Waals surface area contributed by atoms with Crippen molar-refractivity contribution in [3.8, 4) is 0 Å². The number of methoxy groups -OCH3 is 1. The molecule has 2 nitrogen and oxygen atoms in total. The maximum atomic E-state index is 6.16. The predicted octanol–water partition coefficient (Wildman–Crippen LogP) is 3.94. The van der Waals surface area contributed by atoms with Crippen molar-refractivity contribution in [1.82, 2.24) is 5.32 Å². The number of benzene rings is 1. The molecular weight excluding hydrogens is 269 g/mol. The van der Waals surface area contributed by atoms with Gasteiger partial charge in [0.25, 0.3) is 0 Å². The van der Waals surface area contributed by atoms with E-state index in [-0.39, 0.29) is 0 Å². The van der Waals surface area contributed by atoms with E-state index >= 15 is 0 Å². The molecule has 1 aromatic rings. The number of hydrogen-bond donors (Lipinski definition) is 1. The van der Waals surface area contributed by atoms with Gasteiger partial charge in [0.1, 0.15) is 0 Å². The van der Waals surface area contributed by atoms with Crippen LogP contribution in [0.25, 0.3) is 0 Å². The van der Waals surface area contributed by atoms with Gasteiger partial charge in [-0.05, 0) is 43.5 Å². The average Bonchev–Trinajstić information content (AvgIpc) is 2.34. The average molecular weight is 290 g/mol. The first kappa shape index (κ1) is 15.8. The zero-order chi connectivity index (χ0) is 13.4. The van der Waals surface area contributed by atoms with Crippen molar-refractivity contribution >= 4 is 23.2 Å². The van der Waals surface area contributed by atoms with Crippen molar-refractivity contribution < 1.29 is 4.74 Å². The van der Waals surface area contributed by atoms with E-state index in [1.54, 1.807) is 13.2 Å². The maximum Gasteiger partial charge on any atom is 0.0615 e. The number of ether oxygens (including phenoxy) is 1. The van der Waals surface area contributed by atoms with Crippen LogP contribution in [0.2, 0.25) is 10.0 Å². The minimum Gasteiger partial charge on any atom is -0.383 e. The number of aryl methyl sites for hydroxylation is 1. The fourth-order valence-electron chi connectivity index (χ4n) is 1.85. The topological polar surface area (TPSA) is 21.3 Å². The van der Waals surface area contributed by atoms with Gasteiger partial charge in [-0.15, -0.1) is 0 Å². The second kappa shape index (κ2) is 8.76. The third-order valence-corrected chi connectivity index (χ3v) is 3.42. The molecule has 18 heavy (non-hydrogen) atoms. The summed E-state index contributed by atoms with van der Waals surface area (Å²) in [4.78, 5) is 0. The van der Waals surface area contributed by atoms with Crippen LogP contribution in [0.3, 0.4) is 0 Å². The molecule has 0 aromatic heterocycles. The summed E-state index contributed by atoms with van der Waals surface area (Å²) in [5.74, 6) is 0. The fourth-order valence-corrected chi connectivity index (χ4v) is 2.35. The van der Waals surface area contributed by atoms with Crippen molar-refractivity contribution in [2.75, 3.05) is 20.3 Å². The highest BCUT2D eigenvalue weighted by atomic mass is 35.5. The summed E-state index contributed by atoms with van der Waals surface area (Å²) in [5, 5.41) is 4.90. The molecular formula is C14H21Cl2NO. The number of nitrogens with one attached hydrogen (secondary N) is 1. The highest BCUT2D eigenvalue weighted by molar-refractivity contribution is 6.35. The quantitative estimate of drug-likeness (QED) is 0.783. The van der Waals surface area contributed by atoms with Gasteiger partial charge in [-0.25, -0.2) is 0 Å². The summed E-state index contributed by atoms with van der Waals surface area (Å²) in [7, 11) is 1.73. The SMILES string of the molecule is CCCNC(CCc1ccc(Cl)cc1Cl)COC. The van der Waals surface area contributed by atoms with Gasteiger partial charge in [0.15, 0.2) is 0 Å². The van der Waals surface area contributed by atoms with Crippen LogP contribution in [0.5, 0.6) is 0 Å². The molecule has 0 saturated heterocycles. The Kier molecular flexibility index (Phi) is 7.68. The van der Waals surface area contributed by atoms with Crippen molar-refractivity contribution in [1.29, 1.82) is 0 Å². The molecule has 1 N–H and O–H groups in total. The van der Waals surface area contributed by atoms with E-state index in [1.165, 1.54) is 0 Å². The molecule has 0 spiro atoms. The highest BCUT2D eigenvalue weighted by Gasteiger charge is 2.09. The number of hydrogen-bond acceptors (Lipinski definition) is 2. The molecule has 0 saturated carbocycles. The molecule has 0 aliphatic heterocycles. The summed E-state index contributed by atoms with van der Waals surface area (Å²) in [6.45, 7) is 3.90. The van der Waals surface area contributed by atoms with E-state index in [2.05, 4.69) is 12.2 Å². The Morgan fingerprint density at radius 1 is 1.33 bits per heavy atom. The van der Waals surface area contributed by atoms with Crippen LogP contribution in [0.1, 0.15) is 25.3 Å². The third-order valence-electron chi connectivity index (χ3n) is 2.83. The highest BCUT2D eigenvalue weighted by Crippen LogP contribution is 2.22. The summed E-state index contributed by atoms with van der Waals surface area (Å²) in [5.41, 5.74) is 1.14. The molecule has 1 rings (SSSR count). The second-order valence-electron chi connectivity index (χ2n) is 4.38. The lowest BCUT2D eigenvalue weighted by Crippen LogP contribution is -2.34. The standard InChI is InChI=1S/C14H21Cl2NO/c1-3-8-17-13(10-18-2)7-5-11-4-6-12(15)9-14(11)16/h4,6,9,13,17H,3,5,7-8,10H2,1-2H3. The molecule has 4 heteroatoms. The van der Waals surface area contributed by atoms with E-state index in [1.807, 2.05) is 12.1 Å². The van der Waals surface area contributed by atoms with Gasteiger partial charge in [0, 0.05) is 23.2 Å². The molecule has 1 aromatic carbocycles. The Hall–Kier alpha value is -0.280. The number of halogens is 2. The Bertz CT molecular complexity index is 358. The van der Waals surface area contributed by atoms with Gasteiger partial charge in [-0.2, -0.15) is 0 Å². The maximum absolute atomic E-state index is 6.16. The molecule has 0 radical (unpaired) electrons. The molecule has 0 aliphatic carbocycles. The van der Waals surface area contributed by atoms with E-state index < -0.39 is 0 Å². The monoisotopic (exact) mass is 289 g/mol. The van der Waals surface area contributed by atoms with Gasteiger partial charge in [0.2, 0.25) is 0 Å². The molecule has 0 fully saturated rings. The second-order valence-corrected chi connectivity index (χ2v) is 5.22. The Morgan fingerprint density at radius 2 is 2.11 bits per heavy atom. The summed E-state index contributed by atoms with van der Waals surface area (Å²) in [6, 6.07) is 6.05. The summed E-state index contributed by atoms with van der Waals surface area (Å²) in [6.07, 6.45) is 3.07. The van der Waals surface area contributed by atoms with Crippen LogP contribution in [0.4, 0.5) is 0 Å². The van der Waals surface area contributed by atoms with Crippen LogP contribution < -0.4 is 5.32 Å². The molecule has 0 heterocycles. The van der Waals surface area contributed by atoms with Gasteiger partial charge in [-0.1, -0.05) is 36.2 Å². The van der Waals surface area contributed by atoms with Gasteiger partial charge >= 0.3 is 0 Å². The first-order valence-electron chi connectivity index (χ1n) is 6.33. The Labute approximate surface area is 120 Å². The summed E-state index contributed by atoms with van der Waals surface area (Å²) < 4.78 is 5.22. The van der Waals surface area contributed by atoms with Crippen molar-refractivity contribution in [3.05, 3.63) is 33.8 Å². The van der Waals surface area contributed by atoms with Gasteiger partial charge < -0.3 is 10.1 Å². The third kappa shape index (κ3) is 5.57. The molecule has 102 valence electrons. The van der Waals surface area contributed by atoms with Crippen LogP contribution in [0.15, 0.2) is 18.2 Å². The largest absolute Gasteiger partial charge is 0.383 e. The predicted molar refractivity (Wildman–Crippen MR) is 78.7 cm³/mol. The van der Waals surface area contributed by atoms with Crippen LogP contribution >= 0.6 is 23.2 Å². The molecule has 0 bridgehead atoms. The van der Waals surface area contributed by atoms with Gasteiger partial charge in [-0.3, -0.25) is 0 Å². The van der Waals surface area contributed by atoms with Crippen molar-refractivity contribution in [2.24, 2.45) is 0 Å². The fraction of sp³-hybridized carbons (Fsp3) is 0.571.